The highest BCUT2D eigenvalue weighted by Gasteiger charge is 2.08. The Morgan fingerprint density at radius 3 is 2.67 bits per heavy atom. The Hall–Kier alpha value is -1.27. The van der Waals surface area contributed by atoms with E-state index >= 15 is 0 Å². The zero-order valence-electron chi connectivity index (χ0n) is 9.71. The smallest absolute Gasteiger partial charge is 0.210 e. The number of nitrogens with two attached hydrogens (primary N) is 1. The fourth-order valence-electron chi connectivity index (χ4n) is 0.902. The molecule has 0 bridgehead atoms. The lowest BCUT2D eigenvalue weighted by molar-refractivity contribution is 0.240. The highest BCUT2D eigenvalue weighted by Crippen LogP contribution is 2.06. The summed E-state index contributed by atoms with van der Waals surface area (Å²) in [6, 6.07) is -0.722. The molecule has 0 fully saturated rings. The molecule has 1 unspecified atom stereocenters. The van der Waals surface area contributed by atoms with Gasteiger partial charge < -0.3 is 10.5 Å². The van der Waals surface area contributed by atoms with Gasteiger partial charge in [0.05, 0.1) is 6.61 Å². The van der Waals surface area contributed by atoms with Crippen LogP contribution in [0.3, 0.4) is 0 Å². The van der Waals surface area contributed by atoms with Crippen molar-refractivity contribution >= 4 is 5.90 Å². The van der Waals surface area contributed by atoms with E-state index in [2.05, 4.69) is 32.8 Å². The van der Waals surface area contributed by atoms with Crippen LogP contribution in [0, 0.1) is 23.7 Å². The van der Waals surface area contributed by atoms with Gasteiger partial charge in [0.2, 0.25) is 5.90 Å². The molecule has 0 spiro atoms. The van der Waals surface area contributed by atoms with Gasteiger partial charge in [0.1, 0.15) is 6.04 Å². The Balaban J connectivity index is 3.82. The van der Waals surface area contributed by atoms with Crippen molar-refractivity contribution < 1.29 is 4.74 Å². The fraction of sp³-hybridized carbons (Fsp3) is 0.583. The largest absolute Gasteiger partial charge is 0.479 e. The molecular weight excluding hydrogens is 188 g/mol. The van der Waals surface area contributed by atoms with E-state index in [9.17, 15) is 0 Å². The number of terminal acetylenes is 1. The minimum absolute atomic E-state index is 0.0263. The zero-order valence-corrected chi connectivity index (χ0v) is 9.71. The molecule has 0 aromatic rings. The maximum atomic E-state index is 7.40. The van der Waals surface area contributed by atoms with E-state index in [0.717, 1.165) is 6.42 Å². The first-order chi connectivity index (χ1) is 6.97. The zero-order chi connectivity index (χ0) is 11.8. The van der Waals surface area contributed by atoms with E-state index in [1.165, 1.54) is 5.57 Å². The summed E-state index contributed by atoms with van der Waals surface area (Å²) in [6.45, 7) is 6.67. The van der Waals surface area contributed by atoms with Gasteiger partial charge >= 0.3 is 0 Å². The molecule has 0 aliphatic heterocycles. The van der Waals surface area contributed by atoms with Gasteiger partial charge in [0.15, 0.2) is 0 Å². The molecule has 0 rings (SSSR count). The molecule has 3 nitrogen and oxygen atoms in total. The van der Waals surface area contributed by atoms with Crippen molar-refractivity contribution in [2.45, 2.75) is 33.2 Å². The predicted octanol–water partition coefficient (Wildman–Crippen LogP) is 1.93. The summed E-state index contributed by atoms with van der Waals surface area (Å²) in [5, 5.41) is 7.40. The first kappa shape index (κ1) is 13.7. The van der Waals surface area contributed by atoms with Crippen molar-refractivity contribution in [1.82, 2.24) is 0 Å². The van der Waals surface area contributed by atoms with E-state index in [4.69, 9.17) is 22.3 Å². The van der Waals surface area contributed by atoms with Crippen LogP contribution in [0.4, 0.5) is 0 Å². The molecule has 0 amide bonds. The second-order valence-corrected chi connectivity index (χ2v) is 3.94. The molecule has 0 radical (unpaired) electrons. The van der Waals surface area contributed by atoms with Crippen molar-refractivity contribution in [2.75, 3.05) is 6.61 Å². The molecule has 0 aromatic heterocycles. The molecule has 3 heteroatoms. The quantitative estimate of drug-likeness (QED) is 0.314. The van der Waals surface area contributed by atoms with Crippen molar-refractivity contribution in [2.24, 2.45) is 11.7 Å². The molecule has 84 valence electrons. The van der Waals surface area contributed by atoms with Gasteiger partial charge in [-0.2, -0.15) is 0 Å². The maximum absolute atomic E-state index is 7.40. The Bertz CT molecular complexity index is 272. The lowest BCUT2D eigenvalue weighted by atomic mass is 10.1. The normalized spacial score (nSPS) is 13.5. The molecular formula is C12H20N2O. The monoisotopic (exact) mass is 208 g/mol. The lowest BCUT2D eigenvalue weighted by Crippen LogP contribution is -2.31. The van der Waals surface area contributed by atoms with Gasteiger partial charge in [-0.05, 0) is 26.2 Å². The first-order valence-electron chi connectivity index (χ1n) is 5.03. The Labute approximate surface area is 92.2 Å². The summed E-state index contributed by atoms with van der Waals surface area (Å²) in [4.78, 5) is 0. The van der Waals surface area contributed by atoms with E-state index in [1.54, 1.807) is 0 Å². The summed E-state index contributed by atoms with van der Waals surface area (Å²) in [7, 11) is 0. The van der Waals surface area contributed by atoms with Crippen LogP contribution in [-0.2, 0) is 4.74 Å². The van der Waals surface area contributed by atoms with Crippen LogP contribution in [0.2, 0.25) is 0 Å². The highest BCUT2D eigenvalue weighted by molar-refractivity contribution is 5.81. The molecule has 3 N–H and O–H groups in total. The number of allylic oxidation sites excluding steroid dienone is 2. The molecule has 0 saturated heterocycles. The van der Waals surface area contributed by atoms with E-state index in [-0.39, 0.29) is 5.90 Å². The molecule has 0 heterocycles. The molecule has 0 aliphatic carbocycles. The molecule has 2 atom stereocenters. The third-order valence-corrected chi connectivity index (χ3v) is 1.91. The molecule has 0 aromatic carbocycles. The van der Waals surface area contributed by atoms with Gasteiger partial charge in [-0.1, -0.05) is 24.5 Å². The number of nitrogens with one attached hydrogen (secondary N) is 1. The maximum Gasteiger partial charge on any atom is 0.210 e. The van der Waals surface area contributed by atoms with Gasteiger partial charge in [0, 0.05) is 0 Å². The van der Waals surface area contributed by atoms with Crippen LogP contribution in [0.5, 0.6) is 0 Å². The topological polar surface area (TPSA) is 59.1 Å². The SMILES string of the molecule is C#C[C@@H](N)C(=N)OCC(C)CC=C(C)C. The first-order valence-corrected chi connectivity index (χ1v) is 5.03. The van der Waals surface area contributed by atoms with Gasteiger partial charge in [-0.15, -0.1) is 6.42 Å². The standard InChI is InChI=1S/C12H20N2O/c1-5-11(13)12(14)15-8-10(4)7-6-9(2)3/h1,6,10-11,14H,7-8,13H2,2-4H3/t10?,11-/m1/s1. The summed E-state index contributed by atoms with van der Waals surface area (Å²) >= 11 is 0. The van der Waals surface area contributed by atoms with Crippen molar-refractivity contribution in [3.05, 3.63) is 11.6 Å². The van der Waals surface area contributed by atoms with Crippen molar-refractivity contribution in [3.63, 3.8) is 0 Å². The minimum Gasteiger partial charge on any atom is -0.479 e. The minimum atomic E-state index is -0.722. The molecule has 15 heavy (non-hydrogen) atoms. The van der Waals surface area contributed by atoms with E-state index in [1.807, 2.05) is 0 Å². The third-order valence-electron chi connectivity index (χ3n) is 1.91. The predicted molar refractivity (Wildman–Crippen MR) is 63.7 cm³/mol. The summed E-state index contributed by atoms with van der Waals surface area (Å²) < 4.78 is 5.18. The van der Waals surface area contributed by atoms with Gasteiger partial charge in [-0.3, -0.25) is 5.41 Å². The average Bonchev–Trinajstić information content (AvgIpc) is 2.21. The van der Waals surface area contributed by atoms with Crippen LogP contribution >= 0.6 is 0 Å². The number of hydrogen-bond acceptors (Lipinski definition) is 3. The number of hydrogen-bond donors (Lipinski definition) is 2. The molecule has 0 saturated carbocycles. The number of ether oxygens (including phenoxy) is 1. The van der Waals surface area contributed by atoms with Gasteiger partial charge in [-0.25, -0.2) is 0 Å². The van der Waals surface area contributed by atoms with E-state index < -0.39 is 6.04 Å². The Kier molecular flexibility index (Phi) is 6.48. The number of rotatable bonds is 5. The van der Waals surface area contributed by atoms with Crippen LogP contribution in [0.25, 0.3) is 0 Å². The Morgan fingerprint density at radius 2 is 2.20 bits per heavy atom. The molecule has 0 aliphatic rings. The second kappa shape index (κ2) is 7.08. The van der Waals surface area contributed by atoms with Crippen molar-refractivity contribution in [1.29, 1.82) is 5.41 Å². The fourth-order valence-corrected chi connectivity index (χ4v) is 0.902. The van der Waals surface area contributed by atoms with Gasteiger partial charge in [0.25, 0.3) is 0 Å². The Morgan fingerprint density at radius 1 is 1.60 bits per heavy atom. The van der Waals surface area contributed by atoms with Crippen LogP contribution < -0.4 is 5.73 Å². The van der Waals surface area contributed by atoms with Crippen LogP contribution in [-0.4, -0.2) is 18.5 Å². The van der Waals surface area contributed by atoms with Crippen LogP contribution in [0.1, 0.15) is 27.2 Å². The van der Waals surface area contributed by atoms with Crippen LogP contribution in [0.15, 0.2) is 11.6 Å². The van der Waals surface area contributed by atoms with Crippen molar-refractivity contribution in [3.8, 4) is 12.3 Å². The lowest BCUT2D eigenvalue weighted by Gasteiger charge is -2.13. The second-order valence-electron chi connectivity index (χ2n) is 3.94. The highest BCUT2D eigenvalue weighted by atomic mass is 16.5. The average molecular weight is 208 g/mol. The summed E-state index contributed by atoms with van der Waals surface area (Å²) in [5.74, 6) is 2.59. The summed E-state index contributed by atoms with van der Waals surface area (Å²) in [5.41, 5.74) is 6.72. The third kappa shape index (κ3) is 6.75. The van der Waals surface area contributed by atoms with E-state index in [0.29, 0.717) is 12.5 Å². The summed E-state index contributed by atoms with van der Waals surface area (Å²) in [6.07, 6.45) is 8.17.